The smallest absolute Gasteiger partial charge is 0.307 e. The van der Waals surface area contributed by atoms with E-state index in [0.29, 0.717) is 23.3 Å². The van der Waals surface area contributed by atoms with E-state index in [1.54, 1.807) is 26.0 Å². The molecule has 6 nitrogen and oxygen atoms in total. The summed E-state index contributed by atoms with van der Waals surface area (Å²) >= 11 is 0. The summed E-state index contributed by atoms with van der Waals surface area (Å²) in [4.78, 5) is 11.2. The molecule has 0 radical (unpaired) electrons. The summed E-state index contributed by atoms with van der Waals surface area (Å²) in [5.41, 5.74) is 1.20. The molecule has 1 unspecified atom stereocenters. The van der Waals surface area contributed by atoms with E-state index >= 15 is 0 Å². The molecule has 116 valence electrons. The second-order valence-corrected chi connectivity index (χ2v) is 7.15. The van der Waals surface area contributed by atoms with Crippen LogP contribution in [-0.2, 0) is 14.8 Å². The highest BCUT2D eigenvalue weighted by Crippen LogP contribution is 2.31. The summed E-state index contributed by atoms with van der Waals surface area (Å²) in [5.74, 6) is -0.969. The Bertz CT molecular complexity index is 645. The Kier molecular flexibility index (Phi) is 4.25. The van der Waals surface area contributed by atoms with E-state index in [1.807, 2.05) is 0 Å². The number of sulfonamides is 1. The fraction of sp³-hybridized carbons (Fsp3) is 0.500. The van der Waals surface area contributed by atoms with Crippen molar-refractivity contribution in [3.8, 4) is 5.75 Å². The van der Waals surface area contributed by atoms with E-state index < -0.39 is 21.9 Å². The molecule has 0 bridgehead atoms. The largest absolute Gasteiger partial charge is 0.497 e. The van der Waals surface area contributed by atoms with Crippen LogP contribution in [0, 0.1) is 19.8 Å². The summed E-state index contributed by atoms with van der Waals surface area (Å²) < 4.78 is 31.9. The highest BCUT2D eigenvalue weighted by atomic mass is 32.2. The van der Waals surface area contributed by atoms with Crippen molar-refractivity contribution in [2.45, 2.75) is 25.2 Å². The van der Waals surface area contributed by atoms with Crippen molar-refractivity contribution >= 4 is 16.0 Å². The van der Waals surface area contributed by atoms with Crippen LogP contribution in [0.3, 0.4) is 0 Å². The van der Waals surface area contributed by atoms with Crippen LogP contribution in [0.4, 0.5) is 0 Å². The SMILES string of the molecule is COc1cc(C)c(S(=O)(=O)N2CCC(C(=O)O)C2)c(C)c1. The third kappa shape index (κ3) is 2.89. The van der Waals surface area contributed by atoms with Gasteiger partial charge in [-0.15, -0.1) is 0 Å². The first-order valence-corrected chi connectivity index (χ1v) is 8.09. The summed E-state index contributed by atoms with van der Waals surface area (Å²) in [6, 6.07) is 3.34. The van der Waals surface area contributed by atoms with Crippen molar-refractivity contribution in [3.63, 3.8) is 0 Å². The maximum absolute atomic E-state index is 12.7. The van der Waals surface area contributed by atoms with E-state index in [9.17, 15) is 13.2 Å². The van der Waals surface area contributed by atoms with Crippen LogP contribution in [-0.4, -0.2) is 44.0 Å². The summed E-state index contributed by atoms with van der Waals surface area (Å²) in [7, 11) is -2.15. The first kappa shape index (κ1) is 15.8. The number of benzene rings is 1. The van der Waals surface area contributed by atoms with Crippen LogP contribution in [0.1, 0.15) is 17.5 Å². The van der Waals surface area contributed by atoms with Crippen LogP contribution >= 0.6 is 0 Å². The van der Waals surface area contributed by atoms with Crippen LogP contribution in [0.25, 0.3) is 0 Å². The Labute approximate surface area is 124 Å². The van der Waals surface area contributed by atoms with E-state index in [-0.39, 0.29) is 18.0 Å². The summed E-state index contributed by atoms with van der Waals surface area (Å²) in [6.07, 6.45) is 0.350. The summed E-state index contributed by atoms with van der Waals surface area (Å²) in [5, 5.41) is 9.01. The number of nitrogens with zero attached hydrogens (tertiary/aromatic N) is 1. The molecule has 1 aliphatic rings. The van der Waals surface area contributed by atoms with Crippen molar-refractivity contribution in [1.29, 1.82) is 0 Å². The van der Waals surface area contributed by atoms with Gasteiger partial charge in [-0.25, -0.2) is 8.42 Å². The van der Waals surface area contributed by atoms with Gasteiger partial charge in [-0.3, -0.25) is 4.79 Å². The number of aliphatic carboxylic acids is 1. The molecule has 1 aromatic carbocycles. The Balaban J connectivity index is 2.39. The van der Waals surface area contributed by atoms with E-state index in [0.717, 1.165) is 0 Å². The number of hydrogen-bond acceptors (Lipinski definition) is 4. The first-order valence-electron chi connectivity index (χ1n) is 6.65. The van der Waals surface area contributed by atoms with Gasteiger partial charge < -0.3 is 9.84 Å². The second-order valence-electron chi connectivity index (χ2n) is 5.28. The molecule has 1 fully saturated rings. The lowest BCUT2D eigenvalue weighted by molar-refractivity contribution is -0.141. The molecule has 0 saturated carbocycles. The third-order valence-corrected chi connectivity index (χ3v) is 5.94. The number of carboxylic acids is 1. The van der Waals surface area contributed by atoms with Gasteiger partial charge in [-0.05, 0) is 43.5 Å². The average Bonchev–Trinajstić information content (AvgIpc) is 2.87. The van der Waals surface area contributed by atoms with Crippen molar-refractivity contribution in [2.24, 2.45) is 5.92 Å². The van der Waals surface area contributed by atoms with Crippen LogP contribution in [0.15, 0.2) is 17.0 Å². The zero-order valence-electron chi connectivity index (χ0n) is 12.3. The Morgan fingerprint density at radius 3 is 2.33 bits per heavy atom. The van der Waals surface area contributed by atoms with Crippen molar-refractivity contribution in [3.05, 3.63) is 23.3 Å². The van der Waals surface area contributed by atoms with Gasteiger partial charge in [0.2, 0.25) is 10.0 Å². The minimum absolute atomic E-state index is 0.0303. The van der Waals surface area contributed by atoms with Crippen molar-refractivity contribution in [1.82, 2.24) is 4.31 Å². The molecular formula is C14H19NO5S. The number of carboxylic acid groups (broad SMARTS) is 1. The van der Waals surface area contributed by atoms with Crippen molar-refractivity contribution in [2.75, 3.05) is 20.2 Å². The molecule has 0 amide bonds. The number of aryl methyl sites for hydroxylation is 2. The number of rotatable bonds is 4. The molecule has 2 rings (SSSR count). The lowest BCUT2D eigenvalue weighted by Crippen LogP contribution is -2.31. The molecule has 21 heavy (non-hydrogen) atoms. The van der Waals surface area contributed by atoms with Gasteiger partial charge in [0.05, 0.1) is 17.9 Å². The van der Waals surface area contributed by atoms with Gasteiger partial charge in [0.25, 0.3) is 0 Å². The molecule has 0 spiro atoms. The Morgan fingerprint density at radius 1 is 1.33 bits per heavy atom. The molecule has 0 aromatic heterocycles. The zero-order chi connectivity index (χ0) is 15.8. The van der Waals surface area contributed by atoms with E-state index in [1.165, 1.54) is 11.4 Å². The minimum Gasteiger partial charge on any atom is -0.497 e. The number of carbonyl (C=O) groups is 1. The van der Waals surface area contributed by atoms with Crippen molar-refractivity contribution < 1.29 is 23.1 Å². The van der Waals surface area contributed by atoms with Gasteiger partial charge in [0, 0.05) is 13.1 Å². The summed E-state index contributed by atoms with van der Waals surface area (Å²) in [6.45, 7) is 3.70. The predicted octanol–water partition coefficient (Wildman–Crippen LogP) is 1.41. The highest BCUT2D eigenvalue weighted by molar-refractivity contribution is 7.89. The average molecular weight is 313 g/mol. The molecule has 1 heterocycles. The number of hydrogen-bond donors (Lipinski definition) is 1. The van der Waals surface area contributed by atoms with Gasteiger partial charge in [-0.2, -0.15) is 4.31 Å². The Morgan fingerprint density at radius 2 is 1.90 bits per heavy atom. The molecule has 1 aliphatic heterocycles. The standard InChI is InChI=1S/C14H19NO5S/c1-9-6-12(20-3)7-10(2)13(9)21(18,19)15-5-4-11(8-15)14(16)17/h6-7,11H,4-5,8H2,1-3H3,(H,16,17). The maximum atomic E-state index is 12.7. The van der Waals surface area contributed by atoms with Crippen LogP contribution in [0.5, 0.6) is 5.75 Å². The quantitative estimate of drug-likeness (QED) is 0.908. The van der Waals surface area contributed by atoms with Gasteiger partial charge >= 0.3 is 5.97 Å². The van der Waals surface area contributed by atoms with E-state index in [2.05, 4.69) is 0 Å². The predicted molar refractivity (Wildman–Crippen MR) is 77.0 cm³/mol. The number of ether oxygens (including phenoxy) is 1. The number of methoxy groups -OCH3 is 1. The van der Waals surface area contributed by atoms with Gasteiger partial charge in [0.15, 0.2) is 0 Å². The topological polar surface area (TPSA) is 83.9 Å². The molecule has 7 heteroatoms. The molecular weight excluding hydrogens is 294 g/mol. The molecule has 1 saturated heterocycles. The molecule has 1 aromatic rings. The fourth-order valence-electron chi connectivity index (χ4n) is 2.71. The van der Waals surface area contributed by atoms with Gasteiger partial charge in [0.1, 0.15) is 5.75 Å². The van der Waals surface area contributed by atoms with Crippen LogP contribution in [0.2, 0.25) is 0 Å². The lowest BCUT2D eigenvalue weighted by atomic mass is 10.1. The zero-order valence-corrected chi connectivity index (χ0v) is 13.1. The minimum atomic E-state index is -3.68. The van der Waals surface area contributed by atoms with E-state index in [4.69, 9.17) is 9.84 Å². The third-order valence-electron chi connectivity index (χ3n) is 3.77. The first-order chi connectivity index (χ1) is 9.77. The maximum Gasteiger partial charge on any atom is 0.307 e. The van der Waals surface area contributed by atoms with Gasteiger partial charge in [-0.1, -0.05) is 0 Å². The normalized spacial score (nSPS) is 19.7. The highest BCUT2D eigenvalue weighted by Gasteiger charge is 2.37. The second kappa shape index (κ2) is 5.65. The Hall–Kier alpha value is -1.60. The van der Waals surface area contributed by atoms with Crippen LogP contribution < -0.4 is 4.74 Å². The molecule has 0 aliphatic carbocycles. The molecule has 1 atom stereocenters. The monoisotopic (exact) mass is 313 g/mol. The fourth-order valence-corrected chi connectivity index (χ4v) is 4.62. The molecule has 1 N–H and O–H groups in total. The lowest BCUT2D eigenvalue weighted by Gasteiger charge is -2.20.